The maximum absolute atomic E-state index is 14.4. The summed E-state index contributed by atoms with van der Waals surface area (Å²) in [5, 5.41) is 15.2. The van der Waals surface area contributed by atoms with E-state index in [-0.39, 0.29) is 6.10 Å². The predicted molar refractivity (Wildman–Crippen MR) is 84.0 cm³/mol. The third-order valence-corrected chi connectivity index (χ3v) is 3.88. The van der Waals surface area contributed by atoms with Gasteiger partial charge < -0.3 is 4.74 Å². The normalized spacial score (nSPS) is 17.1. The van der Waals surface area contributed by atoms with Gasteiger partial charge in [0.25, 0.3) is 0 Å². The Morgan fingerprint density at radius 2 is 2.24 bits per heavy atom. The highest BCUT2D eigenvalue weighted by Crippen LogP contribution is 2.28. The van der Waals surface area contributed by atoms with Crippen LogP contribution in [0.3, 0.4) is 0 Å². The van der Waals surface area contributed by atoms with Crippen LogP contribution in [-0.4, -0.2) is 48.7 Å². The molecule has 0 spiro atoms. The Morgan fingerprint density at radius 1 is 1.36 bits per heavy atom. The van der Waals surface area contributed by atoms with Crippen LogP contribution in [0.25, 0.3) is 11.3 Å². The number of amides is 1. The molecule has 4 rings (SSSR count). The lowest BCUT2D eigenvalue weighted by Crippen LogP contribution is -2.26. The standard InChI is InChI=1S/C15H14FN7O2/c1-21-9-14(18-20-21)12-3-2-10(6-13(12)16)23-8-11(25-15(23)24)7-22-5-4-17-19-22/h2-6,9,11H,7-8H2,1H3. The number of anilines is 1. The number of rotatable bonds is 4. The summed E-state index contributed by atoms with van der Waals surface area (Å²) in [4.78, 5) is 13.5. The Bertz CT molecular complexity index is 909. The lowest BCUT2D eigenvalue weighted by atomic mass is 10.1. The highest BCUT2D eigenvalue weighted by Gasteiger charge is 2.33. The van der Waals surface area contributed by atoms with E-state index in [1.54, 1.807) is 42.5 Å². The summed E-state index contributed by atoms with van der Waals surface area (Å²) in [5.41, 5.74) is 1.18. The molecule has 0 N–H and O–H groups in total. The number of aryl methyl sites for hydroxylation is 1. The van der Waals surface area contributed by atoms with Crippen molar-refractivity contribution in [3.8, 4) is 11.3 Å². The van der Waals surface area contributed by atoms with Gasteiger partial charge in [0, 0.05) is 18.8 Å². The zero-order valence-electron chi connectivity index (χ0n) is 13.3. The molecular weight excluding hydrogens is 329 g/mol. The Labute approximate surface area is 141 Å². The van der Waals surface area contributed by atoms with Crippen LogP contribution in [0.15, 0.2) is 36.8 Å². The van der Waals surface area contributed by atoms with Crippen LogP contribution in [0.1, 0.15) is 0 Å². The highest BCUT2D eigenvalue weighted by molar-refractivity contribution is 5.90. The van der Waals surface area contributed by atoms with E-state index in [0.29, 0.717) is 30.0 Å². The van der Waals surface area contributed by atoms with E-state index in [0.717, 1.165) is 0 Å². The second kappa shape index (κ2) is 5.96. The Hall–Kier alpha value is -3.30. The van der Waals surface area contributed by atoms with Gasteiger partial charge in [-0.1, -0.05) is 10.4 Å². The van der Waals surface area contributed by atoms with Crippen LogP contribution in [0.4, 0.5) is 14.9 Å². The number of carbonyl (C=O) groups excluding carboxylic acids is 1. The van der Waals surface area contributed by atoms with Crippen molar-refractivity contribution >= 4 is 11.8 Å². The number of benzene rings is 1. The lowest BCUT2D eigenvalue weighted by molar-refractivity contribution is 0.129. The molecule has 1 aromatic carbocycles. The molecule has 0 saturated carbocycles. The van der Waals surface area contributed by atoms with Gasteiger partial charge in [-0.25, -0.2) is 13.9 Å². The zero-order chi connectivity index (χ0) is 17.4. The molecular formula is C15H14FN7O2. The third kappa shape index (κ3) is 2.93. The SMILES string of the molecule is Cn1cc(-c2ccc(N3CC(Cn4ccnn4)OC3=O)cc2F)nn1. The molecule has 128 valence electrons. The summed E-state index contributed by atoms with van der Waals surface area (Å²) in [6.07, 6.45) is 3.96. The Morgan fingerprint density at radius 3 is 2.92 bits per heavy atom. The van der Waals surface area contributed by atoms with Crippen LogP contribution in [0, 0.1) is 5.82 Å². The summed E-state index contributed by atoms with van der Waals surface area (Å²) >= 11 is 0. The first kappa shape index (κ1) is 15.2. The van der Waals surface area contributed by atoms with E-state index in [1.165, 1.54) is 15.6 Å². The second-order valence-corrected chi connectivity index (χ2v) is 5.68. The van der Waals surface area contributed by atoms with Gasteiger partial charge >= 0.3 is 6.09 Å². The van der Waals surface area contributed by atoms with Crippen molar-refractivity contribution in [1.29, 1.82) is 0 Å². The molecule has 1 unspecified atom stereocenters. The van der Waals surface area contributed by atoms with Crippen molar-refractivity contribution in [2.75, 3.05) is 11.4 Å². The molecule has 1 atom stereocenters. The Balaban J connectivity index is 1.53. The molecule has 10 heteroatoms. The topological polar surface area (TPSA) is 91.0 Å². The van der Waals surface area contributed by atoms with Crippen molar-refractivity contribution < 1.29 is 13.9 Å². The third-order valence-electron chi connectivity index (χ3n) is 3.88. The number of cyclic esters (lactones) is 1. The van der Waals surface area contributed by atoms with Crippen LogP contribution < -0.4 is 4.90 Å². The van der Waals surface area contributed by atoms with E-state index >= 15 is 0 Å². The molecule has 1 saturated heterocycles. The first-order chi connectivity index (χ1) is 12.1. The molecule has 3 heterocycles. The number of halogens is 1. The summed E-state index contributed by atoms with van der Waals surface area (Å²) in [6.45, 7) is 0.699. The summed E-state index contributed by atoms with van der Waals surface area (Å²) in [6, 6.07) is 4.53. The fourth-order valence-corrected chi connectivity index (χ4v) is 2.72. The van der Waals surface area contributed by atoms with E-state index in [4.69, 9.17) is 4.74 Å². The molecule has 0 bridgehead atoms. The molecule has 1 aliphatic heterocycles. The van der Waals surface area contributed by atoms with Crippen LogP contribution in [0.5, 0.6) is 0 Å². The van der Waals surface area contributed by atoms with E-state index in [1.807, 2.05) is 0 Å². The summed E-state index contributed by atoms with van der Waals surface area (Å²) < 4.78 is 22.8. The monoisotopic (exact) mass is 343 g/mol. The maximum Gasteiger partial charge on any atom is 0.414 e. The second-order valence-electron chi connectivity index (χ2n) is 5.68. The van der Waals surface area contributed by atoms with Crippen molar-refractivity contribution in [1.82, 2.24) is 30.0 Å². The van der Waals surface area contributed by atoms with Gasteiger partial charge in [-0.3, -0.25) is 9.58 Å². The smallest absolute Gasteiger partial charge is 0.414 e. The zero-order valence-corrected chi connectivity index (χ0v) is 13.3. The highest BCUT2D eigenvalue weighted by atomic mass is 19.1. The average molecular weight is 343 g/mol. The fourth-order valence-electron chi connectivity index (χ4n) is 2.72. The average Bonchev–Trinajstić information content (AvgIpc) is 3.30. The van der Waals surface area contributed by atoms with Gasteiger partial charge in [0.05, 0.1) is 31.2 Å². The van der Waals surface area contributed by atoms with Crippen molar-refractivity contribution in [3.63, 3.8) is 0 Å². The van der Waals surface area contributed by atoms with Gasteiger partial charge in [-0.2, -0.15) is 0 Å². The van der Waals surface area contributed by atoms with Crippen molar-refractivity contribution in [2.45, 2.75) is 12.6 Å². The van der Waals surface area contributed by atoms with Gasteiger partial charge in [0.1, 0.15) is 17.6 Å². The van der Waals surface area contributed by atoms with Gasteiger partial charge in [-0.05, 0) is 18.2 Å². The molecule has 1 fully saturated rings. The van der Waals surface area contributed by atoms with Gasteiger partial charge in [0.2, 0.25) is 0 Å². The molecule has 25 heavy (non-hydrogen) atoms. The number of hydrogen-bond donors (Lipinski definition) is 0. The van der Waals surface area contributed by atoms with E-state index < -0.39 is 11.9 Å². The van der Waals surface area contributed by atoms with Crippen molar-refractivity contribution in [2.24, 2.45) is 7.05 Å². The summed E-state index contributed by atoms with van der Waals surface area (Å²) in [5.74, 6) is -0.481. The first-order valence-electron chi connectivity index (χ1n) is 7.58. The Kier molecular flexibility index (Phi) is 3.64. The minimum Gasteiger partial charge on any atom is -0.442 e. The first-order valence-corrected chi connectivity index (χ1v) is 7.58. The molecule has 0 radical (unpaired) electrons. The molecule has 1 amide bonds. The molecule has 1 aliphatic rings. The largest absolute Gasteiger partial charge is 0.442 e. The quantitative estimate of drug-likeness (QED) is 0.708. The predicted octanol–water partition coefficient (Wildman–Crippen LogP) is 1.24. The molecule has 2 aromatic heterocycles. The minimum atomic E-state index is -0.517. The molecule has 3 aromatic rings. The molecule has 9 nitrogen and oxygen atoms in total. The van der Waals surface area contributed by atoms with E-state index in [2.05, 4.69) is 20.6 Å². The van der Waals surface area contributed by atoms with Gasteiger partial charge in [-0.15, -0.1) is 10.2 Å². The maximum atomic E-state index is 14.4. The number of aromatic nitrogens is 6. The lowest BCUT2D eigenvalue weighted by Gasteiger charge is -2.14. The minimum absolute atomic E-state index is 0.308. The van der Waals surface area contributed by atoms with Crippen LogP contribution >= 0.6 is 0 Å². The number of nitrogens with zero attached hydrogens (tertiary/aromatic N) is 7. The van der Waals surface area contributed by atoms with Crippen molar-refractivity contribution in [3.05, 3.63) is 42.6 Å². The van der Waals surface area contributed by atoms with E-state index in [9.17, 15) is 9.18 Å². The summed E-state index contributed by atoms with van der Waals surface area (Å²) in [7, 11) is 1.71. The van der Waals surface area contributed by atoms with Crippen LogP contribution in [0.2, 0.25) is 0 Å². The number of hydrogen-bond acceptors (Lipinski definition) is 6. The van der Waals surface area contributed by atoms with Gasteiger partial charge in [0.15, 0.2) is 0 Å². The number of carbonyl (C=O) groups is 1. The molecule has 0 aliphatic carbocycles. The van der Waals surface area contributed by atoms with Crippen LogP contribution in [-0.2, 0) is 18.3 Å². The number of ether oxygens (including phenoxy) is 1. The fraction of sp³-hybridized carbons (Fsp3) is 0.267.